The second kappa shape index (κ2) is 8.54. The number of benzene rings is 2. The normalized spacial score (nSPS) is 10.8. The molecule has 18 heavy (non-hydrogen) atoms. The Morgan fingerprint density at radius 1 is 0.833 bits per heavy atom. The summed E-state index contributed by atoms with van der Waals surface area (Å²) in [5.41, 5.74) is 2.41. The van der Waals surface area contributed by atoms with Crippen molar-refractivity contribution in [2.24, 2.45) is 0 Å². The van der Waals surface area contributed by atoms with Crippen LogP contribution in [-0.2, 0) is 2.92 Å². The van der Waals surface area contributed by atoms with Crippen LogP contribution in [-0.4, -0.2) is 26.2 Å². The van der Waals surface area contributed by atoms with Crippen molar-refractivity contribution in [2.45, 2.75) is 9.79 Å². The third kappa shape index (κ3) is 4.20. The van der Waals surface area contributed by atoms with E-state index in [1.807, 2.05) is 11.8 Å². The maximum atomic E-state index is 3.88. The molecule has 0 saturated carbocycles. The molecule has 3 rings (SSSR count). The van der Waals surface area contributed by atoms with Crippen LogP contribution < -0.4 is 5.32 Å². The fourth-order valence-corrected chi connectivity index (χ4v) is 2.57. The first-order chi connectivity index (χ1) is 8.35. The van der Waals surface area contributed by atoms with Crippen LogP contribution in [0.2, 0.25) is 0 Å². The van der Waals surface area contributed by atoms with Crippen molar-refractivity contribution in [3.05, 3.63) is 48.5 Å². The number of para-hydroxylation sites is 2. The number of hydrogen-bond acceptors (Lipinski definition) is 3. The van der Waals surface area contributed by atoms with Gasteiger partial charge < -0.3 is 5.32 Å². The molecule has 0 spiro atoms. The van der Waals surface area contributed by atoms with E-state index in [4.69, 9.17) is 0 Å². The van der Waals surface area contributed by atoms with E-state index < -0.39 is 0 Å². The number of rotatable bonds is 0. The standard InChI is InChI=1S/C12H9NS.Bi.Br2O/c1-3-7-11-9(5-1)13-10-6-2-4-8-12(10)14-11;;1-3-2/h1-8,13H;;. The molecule has 1 N–H and O–H groups in total. The summed E-state index contributed by atoms with van der Waals surface area (Å²) in [5, 5.41) is 3.42. The molecule has 1 aliphatic heterocycles. The minimum absolute atomic E-state index is 0. The summed E-state index contributed by atoms with van der Waals surface area (Å²) in [6.45, 7) is 0. The minimum atomic E-state index is 0. The van der Waals surface area contributed by atoms with Crippen molar-refractivity contribution in [1.29, 1.82) is 0 Å². The van der Waals surface area contributed by atoms with Crippen LogP contribution in [0.1, 0.15) is 0 Å². The molecule has 6 heteroatoms. The van der Waals surface area contributed by atoms with Crippen LogP contribution >= 0.6 is 44.3 Å². The summed E-state index contributed by atoms with van der Waals surface area (Å²) in [7, 11) is 0. The van der Waals surface area contributed by atoms with Gasteiger partial charge in [0.25, 0.3) is 0 Å². The maximum absolute atomic E-state index is 3.88. The van der Waals surface area contributed by atoms with Gasteiger partial charge in [-0.15, -0.1) is 0 Å². The second-order valence-electron chi connectivity index (χ2n) is 3.28. The monoisotopic (exact) mass is 582 g/mol. The molecule has 2 aromatic carbocycles. The van der Waals surface area contributed by atoms with Crippen LogP contribution in [0.5, 0.6) is 0 Å². The SMILES string of the molecule is BrOBr.[Bi].c1ccc2c(c1)Nc1ccccc1S2. The Bertz CT molecular complexity index is 425. The van der Waals surface area contributed by atoms with Gasteiger partial charge in [0, 0.05) is 36.0 Å². The van der Waals surface area contributed by atoms with Gasteiger partial charge in [0.15, 0.2) is 0 Å². The molecule has 3 radical (unpaired) electrons. The number of halogens is 2. The number of anilines is 2. The van der Waals surface area contributed by atoms with Gasteiger partial charge in [-0.25, -0.2) is 2.92 Å². The Morgan fingerprint density at radius 2 is 1.22 bits per heavy atom. The smallest absolute Gasteiger partial charge is 0.115 e. The third-order valence-corrected chi connectivity index (χ3v) is 3.42. The van der Waals surface area contributed by atoms with E-state index in [9.17, 15) is 0 Å². The van der Waals surface area contributed by atoms with E-state index in [1.54, 1.807) is 0 Å². The topological polar surface area (TPSA) is 21.3 Å². The molecule has 93 valence electrons. The van der Waals surface area contributed by atoms with Crippen molar-refractivity contribution < 1.29 is 2.92 Å². The fourth-order valence-electron chi connectivity index (χ4n) is 1.58. The van der Waals surface area contributed by atoms with Gasteiger partial charge in [-0.3, -0.25) is 0 Å². The molecule has 0 atom stereocenters. The van der Waals surface area contributed by atoms with E-state index in [1.165, 1.54) is 21.2 Å². The molecule has 2 nitrogen and oxygen atoms in total. The molecular formula is C12H9BiBr2NOS. The molecule has 0 aliphatic carbocycles. The fraction of sp³-hybridized carbons (Fsp3) is 0. The number of fused-ring (bicyclic) bond motifs is 2. The first kappa shape index (κ1) is 16.4. The van der Waals surface area contributed by atoms with E-state index in [2.05, 4.69) is 89.3 Å². The third-order valence-electron chi connectivity index (χ3n) is 2.26. The van der Waals surface area contributed by atoms with Gasteiger partial charge in [-0.2, -0.15) is 0 Å². The number of nitrogens with one attached hydrogen (secondary N) is 1. The van der Waals surface area contributed by atoms with Crippen molar-refractivity contribution in [3.8, 4) is 0 Å². The van der Waals surface area contributed by atoms with E-state index in [-0.39, 0.29) is 26.2 Å². The predicted octanol–water partition coefficient (Wildman–Crippen LogP) is 5.14. The van der Waals surface area contributed by atoms with Crippen molar-refractivity contribution in [3.63, 3.8) is 0 Å². The molecule has 0 unspecified atom stereocenters. The zero-order valence-electron chi connectivity index (χ0n) is 9.14. The summed E-state index contributed by atoms with van der Waals surface area (Å²) >= 11 is 6.94. The Hall–Kier alpha value is 0.393. The molecule has 0 fully saturated rings. The largest absolute Gasteiger partial charge is 0.354 e. The molecule has 1 aliphatic rings. The van der Waals surface area contributed by atoms with Gasteiger partial charge in [-0.05, 0) is 24.3 Å². The predicted molar refractivity (Wildman–Crippen MR) is 85.0 cm³/mol. The zero-order valence-corrected chi connectivity index (χ0v) is 16.6. The van der Waals surface area contributed by atoms with Crippen LogP contribution in [0.4, 0.5) is 11.4 Å². The molecule has 0 aromatic heterocycles. The summed E-state index contributed by atoms with van der Waals surface area (Å²) in [4.78, 5) is 2.59. The first-order valence-corrected chi connectivity index (χ1v) is 6.98. The molecule has 0 saturated heterocycles. The van der Waals surface area contributed by atoms with Gasteiger partial charge in [-0.1, -0.05) is 36.0 Å². The maximum Gasteiger partial charge on any atom is 0.115 e. The van der Waals surface area contributed by atoms with Gasteiger partial charge in [0.05, 0.1) is 11.4 Å². The summed E-state index contributed by atoms with van der Waals surface area (Å²) in [6.07, 6.45) is 0. The van der Waals surface area contributed by atoms with Gasteiger partial charge in [0.2, 0.25) is 0 Å². The average Bonchev–Trinajstić information content (AvgIpc) is 2.37. The summed E-state index contributed by atoms with van der Waals surface area (Å²) < 4.78 is 3.88. The number of hydrogen-bond donors (Lipinski definition) is 1. The van der Waals surface area contributed by atoms with E-state index >= 15 is 0 Å². The first-order valence-electron chi connectivity index (χ1n) is 4.87. The van der Waals surface area contributed by atoms with Gasteiger partial charge >= 0.3 is 0 Å². The van der Waals surface area contributed by atoms with Crippen LogP contribution in [0.25, 0.3) is 0 Å². The molecule has 2 aromatic rings. The van der Waals surface area contributed by atoms with Gasteiger partial charge in [0.1, 0.15) is 32.5 Å². The summed E-state index contributed by atoms with van der Waals surface area (Å²) in [5.74, 6) is 0. The Kier molecular flexibility index (Phi) is 7.80. The molecular weight excluding hydrogens is 575 g/mol. The Labute approximate surface area is 147 Å². The van der Waals surface area contributed by atoms with E-state index in [0.29, 0.717) is 0 Å². The minimum Gasteiger partial charge on any atom is -0.354 e. The Balaban J connectivity index is 0.000000372. The Morgan fingerprint density at radius 3 is 1.67 bits per heavy atom. The van der Waals surface area contributed by atoms with Crippen molar-refractivity contribution >= 4 is 81.9 Å². The van der Waals surface area contributed by atoms with Crippen molar-refractivity contribution in [1.82, 2.24) is 0 Å². The summed E-state index contributed by atoms with van der Waals surface area (Å²) in [6, 6.07) is 16.8. The molecule has 0 bridgehead atoms. The molecule has 0 amide bonds. The quantitative estimate of drug-likeness (QED) is 0.371. The molecule has 1 heterocycles. The second-order valence-corrected chi connectivity index (χ2v) is 5.88. The van der Waals surface area contributed by atoms with Crippen LogP contribution in [0.3, 0.4) is 0 Å². The van der Waals surface area contributed by atoms with Crippen molar-refractivity contribution in [2.75, 3.05) is 5.32 Å². The average molecular weight is 584 g/mol. The van der Waals surface area contributed by atoms with Crippen LogP contribution in [0, 0.1) is 0 Å². The van der Waals surface area contributed by atoms with Crippen LogP contribution in [0.15, 0.2) is 58.3 Å². The van der Waals surface area contributed by atoms with E-state index in [0.717, 1.165) is 0 Å². The zero-order chi connectivity index (χ0) is 12.1.